The SMILES string of the molecule is CCCCCCC(Sc1ccccc1OCCCc1ccccn1)C(=O)NO. The van der Waals surface area contributed by atoms with E-state index in [1.165, 1.54) is 11.8 Å². The van der Waals surface area contributed by atoms with Crippen LogP contribution in [-0.4, -0.2) is 28.0 Å². The lowest BCUT2D eigenvalue weighted by molar-refractivity contribution is -0.128. The highest BCUT2D eigenvalue weighted by Gasteiger charge is 2.20. The summed E-state index contributed by atoms with van der Waals surface area (Å²) in [5.41, 5.74) is 2.86. The van der Waals surface area contributed by atoms with E-state index in [1.807, 2.05) is 47.9 Å². The molecular weight excluding hydrogens is 372 g/mol. The minimum atomic E-state index is -0.355. The largest absolute Gasteiger partial charge is 0.492 e. The smallest absolute Gasteiger partial charge is 0.256 e. The molecule has 2 aromatic rings. The van der Waals surface area contributed by atoms with Crippen molar-refractivity contribution in [2.45, 2.75) is 62.0 Å². The summed E-state index contributed by atoms with van der Waals surface area (Å²) in [7, 11) is 0. The molecule has 0 bridgehead atoms. The Kier molecular flexibility index (Phi) is 10.5. The average molecular weight is 403 g/mol. The summed E-state index contributed by atoms with van der Waals surface area (Å²) < 4.78 is 5.97. The van der Waals surface area contributed by atoms with Crippen molar-refractivity contribution in [3.63, 3.8) is 0 Å². The maximum atomic E-state index is 12.1. The number of aryl methyl sites for hydroxylation is 1. The molecule has 2 N–H and O–H groups in total. The van der Waals surface area contributed by atoms with Crippen LogP contribution in [0.3, 0.4) is 0 Å². The Labute approximate surface area is 171 Å². The second-order valence-corrected chi connectivity index (χ2v) is 7.90. The number of aromatic nitrogens is 1. The van der Waals surface area contributed by atoms with Crippen molar-refractivity contribution >= 4 is 17.7 Å². The second-order valence-electron chi connectivity index (χ2n) is 6.65. The maximum Gasteiger partial charge on any atom is 0.256 e. The molecule has 2 rings (SSSR count). The zero-order valence-electron chi connectivity index (χ0n) is 16.5. The molecule has 28 heavy (non-hydrogen) atoms. The quantitative estimate of drug-likeness (QED) is 0.213. The lowest BCUT2D eigenvalue weighted by Crippen LogP contribution is -2.30. The number of rotatable bonds is 13. The number of nitrogens with zero attached hydrogens (tertiary/aromatic N) is 1. The number of thioether (sulfide) groups is 1. The van der Waals surface area contributed by atoms with Crippen LogP contribution in [0.5, 0.6) is 5.75 Å². The van der Waals surface area contributed by atoms with Gasteiger partial charge in [-0.25, -0.2) is 5.48 Å². The van der Waals surface area contributed by atoms with Gasteiger partial charge < -0.3 is 4.74 Å². The molecule has 1 heterocycles. The molecule has 0 saturated carbocycles. The lowest BCUT2D eigenvalue weighted by Gasteiger charge is -2.17. The van der Waals surface area contributed by atoms with Gasteiger partial charge in [0.25, 0.3) is 5.91 Å². The third-order valence-corrected chi connectivity index (χ3v) is 5.73. The van der Waals surface area contributed by atoms with Crippen LogP contribution >= 0.6 is 11.8 Å². The molecule has 1 amide bonds. The summed E-state index contributed by atoms with van der Waals surface area (Å²) in [6, 6.07) is 13.7. The van der Waals surface area contributed by atoms with Crippen LogP contribution in [0.25, 0.3) is 0 Å². The average Bonchev–Trinajstić information content (AvgIpc) is 2.74. The zero-order valence-corrected chi connectivity index (χ0v) is 17.3. The van der Waals surface area contributed by atoms with E-state index in [0.29, 0.717) is 6.61 Å². The van der Waals surface area contributed by atoms with Gasteiger partial charge in [0, 0.05) is 11.9 Å². The van der Waals surface area contributed by atoms with Gasteiger partial charge in [0.05, 0.1) is 16.8 Å². The van der Waals surface area contributed by atoms with Gasteiger partial charge in [0.1, 0.15) is 5.75 Å². The van der Waals surface area contributed by atoms with Crippen molar-refractivity contribution < 1.29 is 14.7 Å². The number of amides is 1. The summed E-state index contributed by atoms with van der Waals surface area (Å²) in [4.78, 5) is 17.3. The van der Waals surface area contributed by atoms with E-state index >= 15 is 0 Å². The van der Waals surface area contributed by atoms with Crippen LogP contribution in [0.15, 0.2) is 53.6 Å². The molecule has 1 aromatic carbocycles. The van der Waals surface area contributed by atoms with Crippen molar-refractivity contribution in [2.24, 2.45) is 0 Å². The Morgan fingerprint density at radius 1 is 1.14 bits per heavy atom. The van der Waals surface area contributed by atoms with Crippen LogP contribution in [0.2, 0.25) is 0 Å². The molecule has 0 radical (unpaired) electrons. The van der Waals surface area contributed by atoms with Crippen LogP contribution in [-0.2, 0) is 11.2 Å². The molecule has 1 atom stereocenters. The van der Waals surface area contributed by atoms with Gasteiger partial charge in [-0.2, -0.15) is 0 Å². The van der Waals surface area contributed by atoms with Gasteiger partial charge in [0.2, 0.25) is 0 Å². The molecule has 0 spiro atoms. The van der Waals surface area contributed by atoms with Crippen molar-refractivity contribution in [3.8, 4) is 5.75 Å². The van der Waals surface area contributed by atoms with Gasteiger partial charge in [-0.05, 0) is 43.5 Å². The molecule has 152 valence electrons. The van der Waals surface area contributed by atoms with E-state index in [1.54, 1.807) is 6.20 Å². The van der Waals surface area contributed by atoms with E-state index in [-0.39, 0.29) is 11.2 Å². The van der Waals surface area contributed by atoms with Crippen LogP contribution < -0.4 is 10.2 Å². The Bertz CT molecular complexity index is 697. The minimum absolute atomic E-state index is 0.333. The Morgan fingerprint density at radius 3 is 2.71 bits per heavy atom. The van der Waals surface area contributed by atoms with Crippen molar-refractivity contribution in [1.82, 2.24) is 10.5 Å². The fraction of sp³-hybridized carbons (Fsp3) is 0.455. The van der Waals surface area contributed by atoms with E-state index < -0.39 is 0 Å². The summed E-state index contributed by atoms with van der Waals surface area (Å²) >= 11 is 1.45. The molecule has 0 fully saturated rings. The number of hydrogen-bond acceptors (Lipinski definition) is 5. The number of unbranched alkanes of at least 4 members (excludes halogenated alkanes) is 3. The number of carbonyl (C=O) groups is 1. The first-order valence-electron chi connectivity index (χ1n) is 9.97. The molecule has 6 heteroatoms. The first-order chi connectivity index (χ1) is 13.7. The summed E-state index contributed by atoms with van der Waals surface area (Å²) in [5.74, 6) is 0.421. The normalized spacial score (nSPS) is 11.8. The van der Waals surface area contributed by atoms with E-state index in [2.05, 4.69) is 11.9 Å². The van der Waals surface area contributed by atoms with Gasteiger partial charge in [-0.3, -0.25) is 15.0 Å². The predicted molar refractivity (Wildman–Crippen MR) is 113 cm³/mol. The number of pyridine rings is 1. The van der Waals surface area contributed by atoms with Crippen molar-refractivity contribution in [3.05, 3.63) is 54.4 Å². The van der Waals surface area contributed by atoms with Crippen LogP contribution in [0, 0.1) is 0 Å². The standard InChI is InChI=1S/C22H30N2O3S/c1-2-3-4-5-15-21(22(25)24-26)28-20-14-7-6-13-19(20)27-17-10-12-18-11-8-9-16-23-18/h6-9,11,13-14,16,21,26H,2-5,10,12,15,17H2,1H3,(H,24,25). The minimum Gasteiger partial charge on any atom is -0.492 e. The Balaban J connectivity index is 1.89. The van der Waals surface area contributed by atoms with Gasteiger partial charge in [-0.1, -0.05) is 50.8 Å². The number of benzene rings is 1. The molecule has 0 saturated heterocycles. The van der Waals surface area contributed by atoms with E-state index in [9.17, 15) is 4.79 Å². The predicted octanol–water partition coefficient (Wildman–Crippen LogP) is 5.03. The molecule has 0 aliphatic heterocycles. The van der Waals surface area contributed by atoms with Crippen molar-refractivity contribution in [2.75, 3.05) is 6.61 Å². The van der Waals surface area contributed by atoms with Gasteiger partial charge >= 0.3 is 0 Å². The molecule has 0 aliphatic rings. The van der Waals surface area contributed by atoms with Crippen LogP contribution in [0.4, 0.5) is 0 Å². The monoisotopic (exact) mass is 402 g/mol. The molecule has 1 aromatic heterocycles. The van der Waals surface area contributed by atoms with Gasteiger partial charge in [-0.15, -0.1) is 11.8 Å². The molecule has 0 aliphatic carbocycles. The highest BCUT2D eigenvalue weighted by atomic mass is 32.2. The first-order valence-corrected chi connectivity index (χ1v) is 10.8. The lowest BCUT2D eigenvalue weighted by atomic mass is 10.1. The van der Waals surface area contributed by atoms with E-state index in [4.69, 9.17) is 9.94 Å². The van der Waals surface area contributed by atoms with E-state index in [0.717, 1.165) is 61.3 Å². The van der Waals surface area contributed by atoms with Crippen molar-refractivity contribution in [1.29, 1.82) is 0 Å². The fourth-order valence-corrected chi connectivity index (χ4v) is 4.02. The highest BCUT2D eigenvalue weighted by Crippen LogP contribution is 2.34. The summed E-state index contributed by atoms with van der Waals surface area (Å²) in [6.07, 6.45) is 8.63. The zero-order chi connectivity index (χ0) is 20.0. The fourth-order valence-electron chi connectivity index (χ4n) is 2.87. The molecule has 5 nitrogen and oxygen atoms in total. The Hall–Kier alpha value is -2.05. The topological polar surface area (TPSA) is 71.5 Å². The third-order valence-electron chi connectivity index (χ3n) is 4.40. The number of carbonyl (C=O) groups excluding carboxylic acids is 1. The highest BCUT2D eigenvalue weighted by molar-refractivity contribution is 8.00. The summed E-state index contributed by atoms with van der Waals surface area (Å²) in [6.45, 7) is 2.75. The number of hydroxylamine groups is 1. The third kappa shape index (κ3) is 7.90. The second kappa shape index (κ2) is 13.2. The van der Waals surface area contributed by atoms with Gasteiger partial charge in [0.15, 0.2) is 0 Å². The Morgan fingerprint density at radius 2 is 1.96 bits per heavy atom. The van der Waals surface area contributed by atoms with Crippen LogP contribution in [0.1, 0.15) is 51.1 Å². The number of nitrogens with one attached hydrogen (secondary N) is 1. The first kappa shape index (κ1) is 22.2. The number of para-hydroxylation sites is 1. The number of ether oxygens (including phenoxy) is 1. The maximum absolute atomic E-state index is 12.1. The summed E-state index contributed by atoms with van der Waals surface area (Å²) in [5, 5.41) is 8.75. The molecular formula is C22H30N2O3S. The molecule has 1 unspecified atom stereocenters. The number of hydrogen-bond donors (Lipinski definition) is 2.